The molecule has 358 valence electrons. The van der Waals surface area contributed by atoms with Crippen LogP contribution in [0.4, 0.5) is 53.9 Å². The van der Waals surface area contributed by atoms with Gasteiger partial charge in [0.05, 0.1) is 27.7 Å². The molecule has 4 fully saturated rings. The zero-order valence-electron chi connectivity index (χ0n) is 35.9. The van der Waals surface area contributed by atoms with Gasteiger partial charge < -0.3 is 25.1 Å². The molecule has 0 aliphatic carbocycles. The Kier molecular flexibility index (Phi) is 12.9. The Morgan fingerprint density at radius 2 is 1.76 bits per heavy atom. The lowest BCUT2D eigenvalue weighted by atomic mass is 9.94. The molecule has 4 aliphatic rings. The average Bonchev–Trinajstić information content (AvgIpc) is 3.50. The first-order valence-electron chi connectivity index (χ1n) is 21.6. The summed E-state index contributed by atoms with van der Waals surface area (Å²) in [5, 5.41) is 15.2. The van der Waals surface area contributed by atoms with Crippen molar-refractivity contribution in [2.24, 2.45) is 13.0 Å². The Morgan fingerprint density at radius 3 is 2.42 bits per heavy atom. The van der Waals surface area contributed by atoms with Gasteiger partial charge in [0.15, 0.2) is 5.82 Å². The summed E-state index contributed by atoms with van der Waals surface area (Å²) in [6.07, 6.45) is -7.07. The van der Waals surface area contributed by atoms with Crippen molar-refractivity contribution in [3.63, 3.8) is 0 Å². The van der Waals surface area contributed by atoms with Crippen LogP contribution in [0.1, 0.15) is 75.5 Å². The van der Waals surface area contributed by atoms with Crippen LogP contribution in [-0.2, 0) is 32.8 Å². The van der Waals surface area contributed by atoms with Gasteiger partial charge in [0, 0.05) is 70.2 Å². The fourth-order valence-corrected chi connectivity index (χ4v) is 10.9. The highest BCUT2D eigenvalue weighted by Crippen LogP contribution is 2.39. The van der Waals surface area contributed by atoms with E-state index in [1.165, 1.54) is 23.4 Å². The number of amides is 2. The number of aryl methyl sites for hydroxylation is 1. The molecule has 4 aliphatic heterocycles. The molecule has 2 aromatic heterocycles. The number of hydrogen-bond donors (Lipinski definition) is 4. The third-order valence-electron chi connectivity index (χ3n) is 13.0. The second-order valence-electron chi connectivity index (χ2n) is 17.8. The van der Waals surface area contributed by atoms with Gasteiger partial charge in [-0.3, -0.25) is 24.0 Å². The fraction of sp³-hybridized carbons (Fsp3) is 0.548. The predicted molar refractivity (Wildman–Crippen MR) is 227 cm³/mol. The number of benzene rings is 2. The smallest absolute Gasteiger partial charge is 0.388 e. The van der Waals surface area contributed by atoms with Crippen LogP contribution >= 0.6 is 0 Å². The first kappa shape index (κ1) is 47.2. The lowest BCUT2D eigenvalue weighted by Gasteiger charge is -2.39. The van der Waals surface area contributed by atoms with E-state index in [1.807, 2.05) is 9.80 Å². The first-order chi connectivity index (χ1) is 31.1. The highest BCUT2D eigenvalue weighted by molar-refractivity contribution is 7.89. The van der Waals surface area contributed by atoms with Crippen LogP contribution < -0.4 is 30.8 Å². The summed E-state index contributed by atoms with van der Waals surface area (Å²) in [5.74, 6) is -2.61. The number of alkyl halides is 6. The number of anilines is 4. The minimum Gasteiger partial charge on any atom is -0.388 e. The molecule has 0 radical (unpaired) electrons. The van der Waals surface area contributed by atoms with Gasteiger partial charge in [-0.2, -0.15) is 18.2 Å². The van der Waals surface area contributed by atoms with Crippen molar-refractivity contribution in [1.82, 2.24) is 34.0 Å². The molecule has 4 saturated heterocycles. The summed E-state index contributed by atoms with van der Waals surface area (Å²) in [6.45, 7) is 3.08. The summed E-state index contributed by atoms with van der Waals surface area (Å²) in [7, 11) is -3.12. The maximum Gasteiger partial charge on any atom is 0.421 e. The van der Waals surface area contributed by atoms with Crippen molar-refractivity contribution in [2.45, 2.75) is 93.2 Å². The average molecular weight is 955 g/mol. The molecule has 4 aromatic rings. The highest BCUT2D eigenvalue weighted by Gasteiger charge is 2.40. The van der Waals surface area contributed by atoms with Gasteiger partial charge in [0.25, 0.3) is 6.43 Å². The highest BCUT2D eigenvalue weighted by atomic mass is 32.2. The normalized spacial score (nSPS) is 24.1. The van der Waals surface area contributed by atoms with Gasteiger partial charge in [-0.25, -0.2) is 40.5 Å². The van der Waals surface area contributed by atoms with Crippen molar-refractivity contribution in [1.29, 1.82) is 0 Å². The Labute approximate surface area is 374 Å². The van der Waals surface area contributed by atoms with Gasteiger partial charge in [-0.15, -0.1) is 0 Å². The quantitative estimate of drug-likeness (QED) is 0.118. The molecule has 8 rings (SSSR count). The van der Waals surface area contributed by atoms with E-state index in [-0.39, 0.29) is 67.2 Å². The third kappa shape index (κ3) is 9.59. The number of imide groups is 1. The lowest BCUT2D eigenvalue weighted by molar-refractivity contribution is -0.138. The van der Waals surface area contributed by atoms with Crippen LogP contribution in [0.5, 0.6) is 0 Å². The molecule has 24 heteroatoms. The number of β-amino-alcohol motifs (C(OH)–C–C–N with tert-alkyl or cyclic N) is 1. The van der Waals surface area contributed by atoms with E-state index in [1.54, 1.807) is 12.1 Å². The van der Waals surface area contributed by atoms with E-state index < -0.39 is 97.6 Å². The zero-order chi connectivity index (χ0) is 47.5. The molecule has 4 atom stereocenters. The van der Waals surface area contributed by atoms with Crippen LogP contribution in [-0.4, -0.2) is 113 Å². The number of halogens is 7. The number of hydrogen-bond acceptors (Lipinski definition) is 12. The number of likely N-dealkylation sites (tertiary alicyclic amines) is 1. The Hall–Kier alpha value is -5.33. The number of carbonyl (C=O) groups is 2. The molecule has 66 heavy (non-hydrogen) atoms. The Bertz CT molecular complexity index is 2690. The lowest BCUT2D eigenvalue weighted by Crippen LogP contribution is -2.53. The van der Waals surface area contributed by atoms with E-state index >= 15 is 8.78 Å². The van der Waals surface area contributed by atoms with Gasteiger partial charge in [0.2, 0.25) is 27.8 Å². The van der Waals surface area contributed by atoms with E-state index in [2.05, 4.69) is 25.3 Å². The SMILES string of the molecule is Cn1c(=O)n(C2CCC(=O)NC2=O)c2ccc(N3CCC(CN4CC[C@@H](NS(=O)(=O)c5ccc(Nc6ncc(C(F)(F)F)c(N7CCC[C@](C)(O)C7)n6)c(C(F)F)c5)[C@@H](F)C4)CC3)c(F)c21. The molecule has 2 amide bonds. The molecule has 6 heterocycles. The van der Waals surface area contributed by atoms with Crippen molar-refractivity contribution >= 4 is 56.0 Å². The van der Waals surface area contributed by atoms with Crippen molar-refractivity contribution in [3.8, 4) is 0 Å². The maximum absolute atomic E-state index is 16.1. The van der Waals surface area contributed by atoms with Gasteiger partial charge >= 0.3 is 11.9 Å². The number of piperidine rings is 4. The van der Waals surface area contributed by atoms with Gasteiger partial charge in [-0.05, 0) is 88.2 Å². The third-order valence-corrected chi connectivity index (χ3v) is 14.4. The maximum atomic E-state index is 16.1. The Morgan fingerprint density at radius 1 is 1.02 bits per heavy atom. The second-order valence-corrected chi connectivity index (χ2v) is 19.5. The first-order valence-corrected chi connectivity index (χ1v) is 23.1. The molecule has 0 spiro atoms. The van der Waals surface area contributed by atoms with Gasteiger partial charge in [0.1, 0.15) is 29.1 Å². The minimum absolute atomic E-state index is 0.0339. The number of carbonyl (C=O) groups excluding carboxylic acids is 2. The minimum atomic E-state index is -4.87. The molecular formula is C42H49F7N10O6S. The number of aromatic nitrogens is 4. The van der Waals surface area contributed by atoms with E-state index in [4.69, 9.17) is 0 Å². The van der Waals surface area contributed by atoms with Crippen molar-refractivity contribution in [3.05, 3.63) is 64.0 Å². The number of rotatable bonds is 11. The number of imidazole rings is 1. The number of aliphatic hydroxyl groups is 1. The number of nitrogens with one attached hydrogen (secondary N) is 3. The van der Waals surface area contributed by atoms with Crippen LogP contribution in [0.3, 0.4) is 0 Å². The molecule has 1 unspecified atom stereocenters. The Balaban J connectivity index is 0.877. The number of fused-ring (bicyclic) bond motifs is 1. The molecule has 2 aromatic carbocycles. The summed E-state index contributed by atoms with van der Waals surface area (Å²) in [4.78, 5) is 49.5. The van der Waals surface area contributed by atoms with Crippen molar-refractivity contribution < 1.29 is 53.8 Å². The standard InChI is InChI=1S/C42H49F7N10O6S/c1-41(63)13-3-14-58(22-41)37-26(42(47,48)49)19-50-39(53-37)51-28-5-4-24(18-25(28)36(45)46)66(64,65)54-29-12-15-56(21-27(29)43)20-23-10-16-57(17-11-23)30-6-7-31-35(34(30)44)55(2)40(62)59(31)32-8-9-33(60)52-38(32)61/h4-7,18-19,23,27,29,32,36,54,63H,3,8-17,20-22H2,1-2H3,(H,50,51,53)(H,52,60,61)/t27-,29+,32?,41-/m0/s1. The number of sulfonamides is 1. The molecule has 0 saturated carbocycles. The van der Waals surface area contributed by atoms with Gasteiger partial charge in [-0.1, -0.05) is 0 Å². The van der Waals surface area contributed by atoms with E-state index in [9.17, 15) is 49.9 Å². The summed E-state index contributed by atoms with van der Waals surface area (Å²) < 4.78 is 134. The molecule has 16 nitrogen and oxygen atoms in total. The molecular weight excluding hydrogens is 906 g/mol. The molecule has 4 N–H and O–H groups in total. The van der Waals surface area contributed by atoms with Crippen molar-refractivity contribution in [2.75, 3.05) is 60.9 Å². The van der Waals surface area contributed by atoms with Crippen LogP contribution in [0.15, 0.2) is 46.2 Å². The molecule has 0 bridgehead atoms. The predicted octanol–water partition coefficient (Wildman–Crippen LogP) is 4.91. The fourth-order valence-electron chi connectivity index (χ4n) is 9.54. The summed E-state index contributed by atoms with van der Waals surface area (Å²) in [5.41, 5.74) is -3.71. The van der Waals surface area contributed by atoms with Crippen LogP contribution in [0.25, 0.3) is 11.0 Å². The van der Waals surface area contributed by atoms with Crippen LogP contribution in [0.2, 0.25) is 0 Å². The summed E-state index contributed by atoms with van der Waals surface area (Å²) >= 11 is 0. The largest absolute Gasteiger partial charge is 0.421 e. The van der Waals surface area contributed by atoms with E-state index in [0.717, 1.165) is 16.7 Å². The second kappa shape index (κ2) is 18.1. The van der Waals surface area contributed by atoms with E-state index in [0.29, 0.717) is 64.1 Å². The topological polar surface area (TPSA) is 187 Å². The number of nitrogens with zero attached hydrogens (tertiary/aromatic N) is 7. The summed E-state index contributed by atoms with van der Waals surface area (Å²) in [6, 6.07) is 3.72. The zero-order valence-corrected chi connectivity index (χ0v) is 36.7. The van der Waals surface area contributed by atoms with Crippen LogP contribution in [0, 0.1) is 11.7 Å². The monoisotopic (exact) mass is 954 g/mol.